The number of nitrogens with zero attached hydrogens (tertiary/aromatic N) is 1. The van der Waals surface area contributed by atoms with Crippen molar-refractivity contribution >= 4 is 40.8 Å². The zero-order valence-electron chi connectivity index (χ0n) is 16.7. The first kappa shape index (κ1) is 22.2. The summed E-state index contributed by atoms with van der Waals surface area (Å²) in [6.45, 7) is 0. The lowest BCUT2D eigenvalue weighted by molar-refractivity contribution is 0.0735. The largest absolute Gasteiger partial charge is 0.493 e. The van der Waals surface area contributed by atoms with Crippen LogP contribution in [0.1, 0.15) is 21.5 Å². The highest BCUT2D eigenvalue weighted by molar-refractivity contribution is 6.42. The van der Waals surface area contributed by atoms with Crippen LogP contribution in [-0.2, 0) is 0 Å². The highest BCUT2D eigenvalue weighted by Crippen LogP contribution is 2.31. The minimum atomic E-state index is -0.551. The van der Waals surface area contributed by atoms with Gasteiger partial charge in [-0.25, -0.2) is 4.79 Å². The van der Waals surface area contributed by atoms with Crippen LogP contribution in [0.3, 0.4) is 0 Å². The molecule has 0 radical (unpaired) electrons. The first-order valence-electron chi connectivity index (χ1n) is 9.06. The fourth-order valence-electron chi connectivity index (χ4n) is 2.77. The molecule has 0 heterocycles. The summed E-state index contributed by atoms with van der Waals surface area (Å²) in [5.74, 6) is 0.921. The number of ether oxygens (including phenoxy) is 3. The lowest BCUT2D eigenvalue weighted by Crippen LogP contribution is -2.08. The van der Waals surface area contributed by atoms with E-state index in [1.807, 2.05) is 0 Å². The number of hydrogen-bond donors (Lipinski definition) is 0. The zero-order chi connectivity index (χ0) is 22.4. The van der Waals surface area contributed by atoms with Crippen molar-refractivity contribution in [1.29, 1.82) is 5.26 Å². The van der Waals surface area contributed by atoms with Gasteiger partial charge in [-0.3, -0.25) is 0 Å². The van der Waals surface area contributed by atoms with Gasteiger partial charge < -0.3 is 14.2 Å². The molecule has 0 aliphatic heterocycles. The van der Waals surface area contributed by atoms with E-state index in [1.54, 1.807) is 55.7 Å². The summed E-state index contributed by atoms with van der Waals surface area (Å²) in [5, 5.41) is 10.2. The van der Waals surface area contributed by atoms with Crippen LogP contribution >= 0.6 is 23.2 Å². The summed E-state index contributed by atoms with van der Waals surface area (Å²) in [5.41, 5.74) is 2.19. The molecule has 31 heavy (non-hydrogen) atoms. The van der Waals surface area contributed by atoms with Gasteiger partial charge in [-0.2, -0.15) is 5.26 Å². The Kier molecular flexibility index (Phi) is 7.19. The van der Waals surface area contributed by atoms with E-state index in [-0.39, 0.29) is 5.02 Å². The molecule has 0 saturated heterocycles. The van der Waals surface area contributed by atoms with Crippen molar-refractivity contribution in [2.24, 2.45) is 0 Å². The van der Waals surface area contributed by atoms with Crippen LogP contribution in [0.5, 0.6) is 17.2 Å². The average molecular weight is 454 g/mol. The van der Waals surface area contributed by atoms with Gasteiger partial charge in [0, 0.05) is 0 Å². The van der Waals surface area contributed by atoms with Gasteiger partial charge in [-0.1, -0.05) is 35.3 Å². The monoisotopic (exact) mass is 453 g/mol. The van der Waals surface area contributed by atoms with Crippen molar-refractivity contribution in [2.75, 3.05) is 14.2 Å². The van der Waals surface area contributed by atoms with Crippen LogP contribution in [0.2, 0.25) is 10.0 Å². The predicted molar refractivity (Wildman–Crippen MR) is 121 cm³/mol. The number of carbonyl (C=O) groups excluding carboxylic acids is 1. The predicted octanol–water partition coefficient (Wildman–Crippen LogP) is 6.29. The highest BCUT2D eigenvalue weighted by Gasteiger charge is 2.11. The van der Waals surface area contributed by atoms with Crippen molar-refractivity contribution in [1.82, 2.24) is 0 Å². The molecule has 0 aliphatic rings. The molecular weight excluding hydrogens is 437 g/mol. The summed E-state index contributed by atoms with van der Waals surface area (Å²) in [6, 6.07) is 18.7. The van der Waals surface area contributed by atoms with Crippen molar-refractivity contribution in [3.63, 3.8) is 0 Å². The number of esters is 1. The van der Waals surface area contributed by atoms with E-state index in [4.69, 9.17) is 37.4 Å². The maximum absolute atomic E-state index is 12.3. The first-order chi connectivity index (χ1) is 14.9. The molecule has 3 aromatic rings. The lowest BCUT2D eigenvalue weighted by Gasteiger charge is -2.09. The minimum Gasteiger partial charge on any atom is -0.493 e. The number of allylic oxidation sites excluding steroid dienone is 1. The molecule has 0 bridgehead atoms. The number of halogens is 2. The third-order valence-electron chi connectivity index (χ3n) is 4.37. The molecule has 7 heteroatoms. The Morgan fingerprint density at radius 1 is 0.871 bits per heavy atom. The van der Waals surface area contributed by atoms with Crippen LogP contribution in [0.4, 0.5) is 0 Å². The third kappa shape index (κ3) is 5.37. The SMILES string of the molecule is COc1ccc(/C(C#N)=C\c2ccc(OC(=O)c3ccc(Cl)c(Cl)c3)cc2)cc1OC. The Hall–Kier alpha value is -3.46. The lowest BCUT2D eigenvalue weighted by atomic mass is 10.0. The van der Waals surface area contributed by atoms with Gasteiger partial charge in [0.2, 0.25) is 0 Å². The van der Waals surface area contributed by atoms with Crippen LogP contribution < -0.4 is 14.2 Å². The molecule has 156 valence electrons. The summed E-state index contributed by atoms with van der Waals surface area (Å²) in [4.78, 5) is 12.3. The molecule has 3 rings (SSSR count). The molecule has 0 aliphatic carbocycles. The number of hydrogen-bond acceptors (Lipinski definition) is 5. The van der Waals surface area contributed by atoms with Crippen LogP contribution in [0.15, 0.2) is 60.7 Å². The number of carbonyl (C=O) groups is 1. The van der Waals surface area contributed by atoms with E-state index in [9.17, 15) is 10.1 Å². The Labute approximate surface area is 190 Å². The van der Waals surface area contributed by atoms with Gasteiger partial charge in [-0.15, -0.1) is 0 Å². The number of rotatable bonds is 6. The molecule has 3 aromatic carbocycles. The van der Waals surface area contributed by atoms with Crippen molar-refractivity contribution in [3.8, 4) is 23.3 Å². The summed E-state index contributed by atoms with van der Waals surface area (Å²) in [7, 11) is 3.09. The maximum atomic E-state index is 12.3. The van der Waals surface area contributed by atoms with E-state index in [0.717, 1.165) is 5.56 Å². The fourth-order valence-corrected chi connectivity index (χ4v) is 3.07. The molecule has 0 saturated carbocycles. The van der Waals surface area contributed by atoms with Crippen LogP contribution in [0.25, 0.3) is 11.6 Å². The van der Waals surface area contributed by atoms with E-state index in [2.05, 4.69) is 6.07 Å². The van der Waals surface area contributed by atoms with Gasteiger partial charge in [0.15, 0.2) is 11.5 Å². The Balaban J connectivity index is 1.78. The fraction of sp³-hybridized carbons (Fsp3) is 0.0833. The Morgan fingerprint density at radius 2 is 1.55 bits per heavy atom. The molecule has 0 N–H and O–H groups in total. The molecule has 0 spiro atoms. The molecule has 0 aromatic heterocycles. The first-order valence-corrected chi connectivity index (χ1v) is 9.82. The summed E-state index contributed by atoms with van der Waals surface area (Å²) in [6.07, 6.45) is 1.73. The van der Waals surface area contributed by atoms with Gasteiger partial charge in [-0.05, 0) is 65.7 Å². The van der Waals surface area contributed by atoms with Crippen molar-refractivity contribution in [2.45, 2.75) is 0 Å². The Bertz CT molecular complexity index is 1180. The van der Waals surface area contributed by atoms with E-state index in [1.165, 1.54) is 25.3 Å². The number of methoxy groups -OCH3 is 2. The maximum Gasteiger partial charge on any atom is 0.343 e. The van der Waals surface area contributed by atoms with E-state index >= 15 is 0 Å². The van der Waals surface area contributed by atoms with E-state index in [0.29, 0.717) is 39.0 Å². The molecular formula is C24H17Cl2NO4. The van der Waals surface area contributed by atoms with E-state index < -0.39 is 5.97 Å². The molecule has 0 fully saturated rings. The van der Waals surface area contributed by atoms with Crippen LogP contribution in [0, 0.1) is 11.3 Å². The third-order valence-corrected chi connectivity index (χ3v) is 5.11. The van der Waals surface area contributed by atoms with Gasteiger partial charge >= 0.3 is 5.97 Å². The second-order valence-electron chi connectivity index (χ2n) is 6.33. The number of benzene rings is 3. The summed E-state index contributed by atoms with van der Waals surface area (Å²) < 4.78 is 15.9. The standard InChI is InChI=1S/C24H17Cl2NO4/c1-29-22-10-6-16(13-23(22)30-2)18(14-27)11-15-3-7-19(8-4-15)31-24(28)17-5-9-20(25)21(26)12-17/h3-13H,1-2H3/b18-11-. The van der Waals surface area contributed by atoms with Gasteiger partial charge in [0.25, 0.3) is 0 Å². The topological polar surface area (TPSA) is 68.5 Å². The van der Waals surface area contributed by atoms with Crippen LogP contribution in [-0.4, -0.2) is 20.2 Å². The molecule has 5 nitrogen and oxygen atoms in total. The molecule has 0 amide bonds. The van der Waals surface area contributed by atoms with Crippen molar-refractivity contribution in [3.05, 3.63) is 87.4 Å². The zero-order valence-corrected chi connectivity index (χ0v) is 18.2. The summed E-state index contributed by atoms with van der Waals surface area (Å²) >= 11 is 11.8. The molecule has 0 atom stereocenters. The highest BCUT2D eigenvalue weighted by atomic mass is 35.5. The quantitative estimate of drug-likeness (QED) is 0.189. The normalized spacial score (nSPS) is 10.9. The molecule has 0 unspecified atom stereocenters. The van der Waals surface area contributed by atoms with Crippen molar-refractivity contribution < 1.29 is 19.0 Å². The number of nitriles is 1. The minimum absolute atomic E-state index is 0.274. The average Bonchev–Trinajstić information content (AvgIpc) is 2.79. The Morgan fingerprint density at radius 3 is 2.16 bits per heavy atom. The second-order valence-corrected chi connectivity index (χ2v) is 7.14. The van der Waals surface area contributed by atoms with Gasteiger partial charge in [0.1, 0.15) is 5.75 Å². The van der Waals surface area contributed by atoms with Gasteiger partial charge in [0.05, 0.1) is 41.5 Å². The smallest absolute Gasteiger partial charge is 0.343 e. The second kappa shape index (κ2) is 10.0.